The molecule has 1 atom stereocenters. The van der Waals surface area contributed by atoms with Gasteiger partial charge in [-0.2, -0.15) is 0 Å². The molecule has 84 valence electrons. The Hall–Kier alpha value is -0.450. The van der Waals surface area contributed by atoms with Crippen LogP contribution in [0.3, 0.4) is 0 Å². The molecule has 5 heteroatoms. The van der Waals surface area contributed by atoms with Crippen LogP contribution in [0.5, 0.6) is 0 Å². The summed E-state index contributed by atoms with van der Waals surface area (Å²) in [6.45, 7) is 3.37. The van der Waals surface area contributed by atoms with E-state index in [1.54, 1.807) is 12.4 Å². The van der Waals surface area contributed by atoms with Gasteiger partial charge in [-0.15, -0.1) is 0 Å². The molecule has 1 heterocycles. The largest absolute Gasteiger partial charge is 0.312 e. The van der Waals surface area contributed by atoms with E-state index in [0.29, 0.717) is 17.3 Å². The van der Waals surface area contributed by atoms with E-state index in [-0.39, 0.29) is 0 Å². The summed E-state index contributed by atoms with van der Waals surface area (Å²) in [6.07, 6.45) is 3.34. The van der Waals surface area contributed by atoms with Gasteiger partial charge in [-0.1, -0.05) is 18.5 Å². The minimum Gasteiger partial charge on any atom is -0.312 e. The Bertz CT molecular complexity index is 333. The lowest BCUT2D eigenvalue weighted by Gasteiger charge is -2.05. The SMILES string of the molecule is CCS(=O)CCNCc1ccncc1Cl. The Balaban J connectivity index is 2.26. The molecule has 1 aromatic heterocycles. The van der Waals surface area contributed by atoms with Gasteiger partial charge in [-0.3, -0.25) is 9.19 Å². The first-order valence-electron chi connectivity index (χ1n) is 4.88. The molecular formula is C10H15ClN2OS. The second-order valence-electron chi connectivity index (χ2n) is 3.08. The van der Waals surface area contributed by atoms with Crippen molar-refractivity contribution < 1.29 is 4.21 Å². The lowest BCUT2D eigenvalue weighted by Crippen LogP contribution is -2.20. The summed E-state index contributed by atoms with van der Waals surface area (Å²) in [5, 5.41) is 3.87. The third-order valence-corrected chi connectivity index (χ3v) is 3.64. The van der Waals surface area contributed by atoms with E-state index in [0.717, 1.165) is 17.9 Å². The van der Waals surface area contributed by atoms with Gasteiger partial charge in [-0.25, -0.2) is 0 Å². The van der Waals surface area contributed by atoms with Crippen molar-refractivity contribution in [1.82, 2.24) is 10.3 Å². The molecule has 0 fully saturated rings. The average molecular weight is 247 g/mol. The van der Waals surface area contributed by atoms with E-state index >= 15 is 0 Å². The molecule has 0 bridgehead atoms. The Kier molecular flexibility index (Phi) is 5.83. The zero-order chi connectivity index (χ0) is 11.1. The number of pyridine rings is 1. The monoisotopic (exact) mass is 246 g/mol. The van der Waals surface area contributed by atoms with Crippen molar-refractivity contribution in [3.63, 3.8) is 0 Å². The van der Waals surface area contributed by atoms with Crippen LogP contribution in [-0.2, 0) is 17.3 Å². The maximum Gasteiger partial charge on any atom is 0.0634 e. The predicted molar refractivity (Wildman–Crippen MR) is 64.5 cm³/mol. The fourth-order valence-electron chi connectivity index (χ4n) is 1.10. The first-order valence-corrected chi connectivity index (χ1v) is 6.74. The molecular weight excluding hydrogens is 232 g/mol. The third kappa shape index (κ3) is 4.73. The second-order valence-corrected chi connectivity index (χ2v) is 5.35. The quantitative estimate of drug-likeness (QED) is 0.776. The normalized spacial score (nSPS) is 12.7. The summed E-state index contributed by atoms with van der Waals surface area (Å²) in [6, 6.07) is 1.88. The predicted octanol–water partition coefficient (Wildman–Crippen LogP) is 1.59. The van der Waals surface area contributed by atoms with Crippen LogP contribution >= 0.6 is 11.6 Å². The molecule has 0 aromatic carbocycles. The molecule has 0 aliphatic carbocycles. The molecule has 15 heavy (non-hydrogen) atoms. The molecule has 0 aliphatic rings. The number of nitrogens with one attached hydrogen (secondary N) is 1. The molecule has 1 N–H and O–H groups in total. The van der Waals surface area contributed by atoms with Gasteiger partial charge in [0, 0.05) is 47.8 Å². The molecule has 0 saturated heterocycles. The number of aromatic nitrogens is 1. The van der Waals surface area contributed by atoms with E-state index in [2.05, 4.69) is 10.3 Å². The van der Waals surface area contributed by atoms with E-state index in [9.17, 15) is 4.21 Å². The van der Waals surface area contributed by atoms with E-state index in [1.807, 2.05) is 13.0 Å². The van der Waals surface area contributed by atoms with Gasteiger partial charge in [0.05, 0.1) is 5.02 Å². The Morgan fingerprint density at radius 2 is 2.40 bits per heavy atom. The summed E-state index contributed by atoms with van der Waals surface area (Å²) < 4.78 is 11.1. The van der Waals surface area contributed by atoms with Crippen molar-refractivity contribution in [2.75, 3.05) is 18.1 Å². The second kappa shape index (κ2) is 6.93. The summed E-state index contributed by atoms with van der Waals surface area (Å²) in [7, 11) is -0.698. The molecule has 1 rings (SSSR count). The van der Waals surface area contributed by atoms with E-state index in [1.165, 1.54) is 0 Å². The molecule has 0 spiro atoms. The summed E-state index contributed by atoms with van der Waals surface area (Å²) in [5.41, 5.74) is 1.02. The number of nitrogens with zero attached hydrogens (tertiary/aromatic N) is 1. The number of hydrogen-bond acceptors (Lipinski definition) is 3. The maximum absolute atomic E-state index is 11.1. The van der Waals surface area contributed by atoms with Crippen LogP contribution in [0.4, 0.5) is 0 Å². The molecule has 3 nitrogen and oxygen atoms in total. The highest BCUT2D eigenvalue weighted by atomic mass is 35.5. The van der Waals surface area contributed by atoms with Gasteiger partial charge in [0.15, 0.2) is 0 Å². The van der Waals surface area contributed by atoms with Crippen molar-refractivity contribution in [1.29, 1.82) is 0 Å². The number of hydrogen-bond donors (Lipinski definition) is 1. The molecule has 1 unspecified atom stereocenters. The van der Waals surface area contributed by atoms with Crippen LogP contribution in [0.1, 0.15) is 12.5 Å². The topological polar surface area (TPSA) is 42.0 Å². The lowest BCUT2D eigenvalue weighted by molar-refractivity contribution is 0.674. The van der Waals surface area contributed by atoms with Crippen LogP contribution in [0.2, 0.25) is 5.02 Å². The van der Waals surface area contributed by atoms with Gasteiger partial charge >= 0.3 is 0 Å². The maximum atomic E-state index is 11.1. The van der Waals surface area contributed by atoms with Crippen LogP contribution in [-0.4, -0.2) is 27.2 Å². The minimum atomic E-state index is -0.698. The van der Waals surface area contributed by atoms with Gasteiger partial charge in [0.25, 0.3) is 0 Å². The highest BCUT2D eigenvalue weighted by Crippen LogP contribution is 2.12. The summed E-state index contributed by atoms with van der Waals surface area (Å²) in [5.74, 6) is 1.41. The van der Waals surface area contributed by atoms with Crippen molar-refractivity contribution in [2.45, 2.75) is 13.5 Å². The molecule has 0 saturated carbocycles. The Labute approximate surface area is 97.7 Å². The van der Waals surface area contributed by atoms with Crippen molar-refractivity contribution >= 4 is 22.4 Å². The first kappa shape index (κ1) is 12.6. The van der Waals surface area contributed by atoms with Crippen LogP contribution < -0.4 is 5.32 Å². The fraction of sp³-hybridized carbons (Fsp3) is 0.500. The molecule has 0 amide bonds. The van der Waals surface area contributed by atoms with Gasteiger partial charge in [0.2, 0.25) is 0 Å². The van der Waals surface area contributed by atoms with Gasteiger partial charge < -0.3 is 5.32 Å². The van der Waals surface area contributed by atoms with Crippen LogP contribution in [0.25, 0.3) is 0 Å². The Morgan fingerprint density at radius 1 is 1.60 bits per heavy atom. The lowest BCUT2D eigenvalue weighted by atomic mass is 10.3. The zero-order valence-corrected chi connectivity index (χ0v) is 10.3. The highest BCUT2D eigenvalue weighted by molar-refractivity contribution is 7.84. The van der Waals surface area contributed by atoms with Gasteiger partial charge in [-0.05, 0) is 11.6 Å². The first-order chi connectivity index (χ1) is 7.24. The van der Waals surface area contributed by atoms with Crippen LogP contribution in [0.15, 0.2) is 18.5 Å². The standard InChI is InChI=1S/C10H15ClN2OS/c1-2-15(14)6-5-13-7-9-3-4-12-8-10(9)11/h3-4,8,13H,2,5-7H2,1H3. The van der Waals surface area contributed by atoms with Crippen molar-refractivity contribution in [3.8, 4) is 0 Å². The van der Waals surface area contributed by atoms with Crippen molar-refractivity contribution in [3.05, 3.63) is 29.0 Å². The molecule has 1 aromatic rings. The number of halogens is 1. The van der Waals surface area contributed by atoms with Crippen LogP contribution in [0, 0.1) is 0 Å². The smallest absolute Gasteiger partial charge is 0.0634 e. The van der Waals surface area contributed by atoms with E-state index < -0.39 is 10.8 Å². The fourth-order valence-corrected chi connectivity index (χ4v) is 1.95. The zero-order valence-electron chi connectivity index (χ0n) is 8.70. The third-order valence-electron chi connectivity index (χ3n) is 2.00. The average Bonchev–Trinajstić information content (AvgIpc) is 2.26. The molecule has 0 aliphatic heterocycles. The van der Waals surface area contributed by atoms with E-state index in [4.69, 9.17) is 11.6 Å². The Morgan fingerprint density at radius 3 is 3.07 bits per heavy atom. The summed E-state index contributed by atoms with van der Waals surface area (Å²) in [4.78, 5) is 3.91. The highest BCUT2D eigenvalue weighted by Gasteiger charge is 1.99. The minimum absolute atomic E-state index is 0.668. The molecule has 0 radical (unpaired) electrons. The summed E-state index contributed by atoms with van der Waals surface area (Å²) >= 11 is 5.93. The number of rotatable bonds is 6. The van der Waals surface area contributed by atoms with Gasteiger partial charge in [0.1, 0.15) is 0 Å². The van der Waals surface area contributed by atoms with Crippen molar-refractivity contribution in [2.24, 2.45) is 0 Å².